The van der Waals surface area contributed by atoms with E-state index in [1.54, 1.807) is 0 Å². The van der Waals surface area contributed by atoms with Crippen LogP contribution in [-0.2, 0) is 11.8 Å². The first-order valence-corrected chi connectivity index (χ1v) is 9.71. The standard InChI is InChI=1S/C18H25N5OS.ClH/c1-13(14-6-4-3-5-7-14)20-16(24)12-25-18-22-21-17(23(18)2)15-8-10-19-11-9-15;/h3-7,13,15,19H,8-12H2,1-2H3,(H,20,24);1H. The first-order valence-electron chi connectivity index (χ1n) is 8.72. The summed E-state index contributed by atoms with van der Waals surface area (Å²) in [4.78, 5) is 12.2. The van der Waals surface area contributed by atoms with Gasteiger partial charge in [0, 0.05) is 13.0 Å². The molecule has 1 fully saturated rings. The Balaban J connectivity index is 0.00000243. The minimum absolute atomic E-state index is 0. The van der Waals surface area contributed by atoms with Crippen LogP contribution in [0.5, 0.6) is 0 Å². The van der Waals surface area contributed by atoms with E-state index in [1.807, 2.05) is 48.9 Å². The maximum Gasteiger partial charge on any atom is 0.230 e. The monoisotopic (exact) mass is 395 g/mol. The molecule has 0 radical (unpaired) electrons. The first-order chi connectivity index (χ1) is 12.1. The minimum Gasteiger partial charge on any atom is -0.349 e. The number of carbonyl (C=O) groups is 1. The van der Waals surface area contributed by atoms with Gasteiger partial charge in [-0.3, -0.25) is 4.79 Å². The zero-order valence-electron chi connectivity index (χ0n) is 15.1. The van der Waals surface area contributed by atoms with Crippen molar-refractivity contribution in [3.05, 3.63) is 41.7 Å². The molecule has 1 aromatic carbocycles. The van der Waals surface area contributed by atoms with Crippen LogP contribution in [0.3, 0.4) is 0 Å². The van der Waals surface area contributed by atoms with Gasteiger partial charge in [-0.2, -0.15) is 0 Å². The number of amides is 1. The van der Waals surface area contributed by atoms with Crippen molar-refractivity contribution in [3.8, 4) is 0 Å². The number of carbonyl (C=O) groups excluding carboxylic acids is 1. The fourth-order valence-corrected chi connectivity index (χ4v) is 3.86. The molecule has 2 aromatic rings. The Morgan fingerprint density at radius 1 is 1.31 bits per heavy atom. The number of halogens is 1. The van der Waals surface area contributed by atoms with Crippen LogP contribution in [0.1, 0.15) is 43.1 Å². The summed E-state index contributed by atoms with van der Waals surface area (Å²) < 4.78 is 2.04. The zero-order valence-corrected chi connectivity index (χ0v) is 16.8. The van der Waals surface area contributed by atoms with Gasteiger partial charge in [0.2, 0.25) is 5.91 Å². The van der Waals surface area contributed by atoms with Crippen molar-refractivity contribution >= 4 is 30.1 Å². The highest BCUT2D eigenvalue weighted by Crippen LogP contribution is 2.26. The predicted molar refractivity (Wildman–Crippen MR) is 107 cm³/mol. The third-order valence-corrected chi connectivity index (χ3v) is 5.60. The van der Waals surface area contributed by atoms with Crippen molar-refractivity contribution in [2.75, 3.05) is 18.8 Å². The number of benzene rings is 1. The van der Waals surface area contributed by atoms with Gasteiger partial charge in [-0.05, 0) is 38.4 Å². The molecule has 1 aliphatic rings. The van der Waals surface area contributed by atoms with Gasteiger partial charge in [0.15, 0.2) is 5.16 Å². The van der Waals surface area contributed by atoms with E-state index in [2.05, 4.69) is 20.8 Å². The van der Waals surface area contributed by atoms with Gasteiger partial charge in [0.05, 0.1) is 11.8 Å². The van der Waals surface area contributed by atoms with Crippen LogP contribution in [0.2, 0.25) is 0 Å². The van der Waals surface area contributed by atoms with Crippen LogP contribution in [0.25, 0.3) is 0 Å². The second-order valence-corrected chi connectivity index (χ2v) is 7.36. The van der Waals surface area contributed by atoms with Crippen LogP contribution in [-0.4, -0.2) is 39.5 Å². The lowest BCUT2D eigenvalue weighted by Crippen LogP contribution is -2.28. The number of rotatable bonds is 6. The molecule has 2 N–H and O–H groups in total. The average molecular weight is 396 g/mol. The van der Waals surface area contributed by atoms with Crippen LogP contribution in [0, 0.1) is 0 Å². The number of piperidine rings is 1. The lowest BCUT2D eigenvalue weighted by molar-refractivity contribution is -0.119. The number of thioether (sulfide) groups is 1. The molecule has 0 spiro atoms. The largest absolute Gasteiger partial charge is 0.349 e. The summed E-state index contributed by atoms with van der Waals surface area (Å²) in [5.74, 6) is 1.84. The first kappa shape index (κ1) is 20.7. The second kappa shape index (κ2) is 9.94. The van der Waals surface area contributed by atoms with E-state index in [9.17, 15) is 4.79 Å². The molecular weight excluding hydrogens is 370 g/mol. The Morgan fingerprint density at radius 2 is 2.00 bits per heavy atom. The molecule has 3 rings (SSSR count). The van der Waals surface area contributed by atoms with Crippen molar-refractivity contribution in [2.45, 2.75) is 36.9 Å². The lowest BCUT2D eigenvalue weighted by Gasteiger charge is -2.21. The summed E-state index contributed by atoms with van der Waals surface area (Å²) in [5, 5.41) is 15.8. The highest BCUT2D eigenvalue weighted by Gasteiger charge is 2.22. The normalized spacial score (nSPS) is 15.9. The van der Waals surface area contributed by atoms with Crippen molar-refractivity contribution < 1.29 is 4.79 Å². The van der Waals surface area contributed by atoms with Crippen LogP contribution in [0.4, 0.5) is 0 Å². The number of aromatic nitrogens is 3. The van der Waals surface area contributed by atoms with E-state index in [-0.39, 0.29) is 24.4 Å². The van der Waals surface area contributed by atoms with Crippen LogP contribution in [0.15, 0.2) is 35.5 Å². The smallest absolute Gasteiger partial charge is 0.230 e. The molecule has 1 aliphatic heterocycles. The number of nitrogens with zero attached hydrogens (tertiary/aromatic N) is 3. The van der Waals surface area contributed by atoms with Gasteiger partial charge in [-0.15, -0.1) is 22.6 Å². The molecule has 1 unspecified atom stereocenters. The summed E-state index contributed by atoms with van der Waals surface area (Å²) in [7, 11) is 1.99. The Kier molecular flexibility index (Phi) is 7.93. The van der Waals surface area contributed by atoms with Crippen molar-refractivity contribution in [1.82, 2.24) is 25.4 Å². The Morgan fingerprint density at radius 3 is 2.69 bits per heavy atom. The van der Waals surface area contributed by atoms with E-state index < -0.39 is 0 Å². The molecule has 0 aliphatic carbocycles. The molecule has 0 saturated carbocycles. The van der Waals surface area contributed by atoms with E-state index in [1.165, 1.54) is 11.8 Å². The number of hydrogen-bond donors (Lipinski definition) is 2. The van der Waals surface area contributed by atoms with Gasteiger partial charge in [0.25, 0.3) is 0 Å². The fourth-order valence-electron chi connectivity index (χ4n) is 3.13. The topological polar surface area (TPSA) is 71.8 Å². The zero-order chi connectivity index (χ0) is 17.6. The minimum atomic E-state index is -0.000837. The molecule has 2 heterocycles. The molecule has 142 valence electrons. The molecule has 1 aromatic heterocycles. The maximum atomic E-state index is 12.2. The van der Waals surface area contributed by atoms with Gasteiger partial charge < -0.3 is 15.2 Å². The van der Waals surface area contributed by atoms with Crippen LogP contribution < -0.4 is 10.6 Å². The molecule has 26 heavy (non-hydrogen) atoms. The molecule has 1 amide bonds. The summed E-state index contributed by atoms with van der Waals surface area (Å²) in [6.45, 7) is 4.05. The third kappa shape index (κ3) is 5.22. The second-order valence-electron chi connectivity index (χ2n) is 6.41. The summed E-state index contributed by atoms with van der Waals surface area (Å²) in [5.41, 5.74) is 1.10. The molecule has 1 atom stereocenters. The van der Waals surface area contributed by atoms with Crippen molar-refractivity contribution in [3.63, 3.8) is 0 Å². The molecule has 0 bridgehead atoms. The summed E-state index contributed by atoms with van der Waals surface area (Å²) in [6.07, 6.45) is 2.18. The highest BCUT2D eigenvalue weighted by atomic mass is 35.5. The Bertz CT molecular complexity index is 703. The van der Waals surface area contributed by atoms with E-state index in [4.69, 9.17) is 0 Å². The van der Waals surface area contributed by atoms with E-state index in [0.29, 0.717) is 11.7 Å². The quantitative estimate of drug-likeness (QED) is 0.736. The summed E-state index contributed by atoms with van der Waals surface area (Å²) >= 11 is 1.44. The summed E-state index contributed by atoms with van der Waals surface area (Å²) in [6, 6.07) is 9.97. The average Bonchev–Trinajstić information content (AvgIpc) is 3.02. The van der Waals surface area contributed by atoms with Gasteiger partial charge in [0.1, 0.15) is 5.82 Å². The molecule has 1 saturated heterocycles. The molecule has 6 nitrogen and oxygen atoms in total. The van der Waals surface area contributed by atoms with E-state index in [0.717, 1.165) is 42.5 Å². The van der Waals surface area contributed by atoms with Gasteiger partial charge in [-0.1, -0.05) is 42.1 Å². The SMILES string of the molecule is CC(NC(=O)CSc1nnc(C2CCNCC2)n1C)c1ccccc1.Cl. The highest BCUT2D eigenvalue weighted by molar-refractivity contribution is 7.99. The fraction of sp³-hybridized carbons (Fsp3) is 0.500. The lowest BCUT2D eigenvalue weighted by atomic mass is 9.97. The third-order valence-electron chi connectivity index (χ3n) is 4.58. The van der Waals surface area contributed by atoms with Crippen LogP contribution >= 0.6 is 24.2 Å². The van der Waals surface area contributed by atoms with Gasteiger partial charge >= 0.3 is 0 Å². The maximum absolute atomic E-state index is 12.2. The molecule has 8 heteroatoms. The van der Waals surface area contributed by atoms with Crippen molar-refractivity contribution in [2.24, 2.45) is 7.05 Å². The van der Waals surface area contributed by atoms with Crippen molar-refractivity contribution in [1.29, 1.82) is 0 Å². The molecular formula is C18H26ClN5OS. The van der Waals surface area contributed by atoms with E-state index >= 15 is 0 Å². The number of hydrogen-bond acceptors (Lipinski definition) is 5. The number of nitrogens with one attached hydrogen (secondary N) is 2. The Hall–Kier alpha value is -1.57. The predicted octanol–water partition coefficient (Wildman–Crippen LogP) is 2.67. The van der Waals surface area contributed by atoms with Gasteiger partial charge in [-0.25, -0.2) is 0 Å². The Labute approximate surface area is 164 Å².